The van der Waals surface area contributed by atoms with Gasteiger partial charge in [0.1, 0.15) is 5.82 Å². The first-order valence-electron chi connectivity index (χ1n) is 7.84. The third kappa shape index (κ3) is 5.08. The molecule has 0 fully saturated rings. The number of carbonyl (C=O) groups is 2. The van der Waals surface area contributed by atoms with Gasteiger partial charge in [-0.1, -0.05) is 6.92 Å². The Labute approximate surface area is 140 Å². The summed E-state index contributed by atoms with van der Waals surface area (Å²) in [6.07, 6.45) is 5.55. The van der Waals surface area contributed by atoms with E-state index in [1.54, 1.807) is 24.5 Å². The maximum Gasteiger partial charge on any atom is 0.315 e. The van der Waals surface area contributed by atoms with Crippen LogP contribution >= 0.6 is 0 Å². The highest BCUT2D eigenvalue weighted by Crippen LogP contribution is 2.12. The van der Waals surface area contributed by atoms with E-state index in [9.17, 15) is 9.59 Å². The lowest BCUT2D eigenvalue weighted by molar-refractivity contribution is 0.0953. The van der Waals surface area contributed by atoms with Crippen molar-refractivity contribution in [2.75, 3.05) is 13.1 Å². The van der Waals surface area contributed by atoms with Crippen molar-refractivity contribution >= 4 is 11.9 Å². The molecule has 3 amide bonds. The molecule has 2 heterocycles. The fraction of sp³-hybridized carbons (Fsp3) is 0.375. The maximum atomic E-state index is 11.9. The number of hydrogen-bond acceptors (Lipinski definition) is 4. The van der Waals surface area contributed by atoms with E-state index in [1.807, 2.05) is 13.8 Å². The Morgan fingerprint density at radius 2 is 2.04 bits per heavy atom. The molecule has 0 aromatic carbocycles. The Hall–Kier alpha value is -2.90. The number of carbonyl (C=O) groups excluding carboxylic acids is 2. The smallest absolute Gasteiger partial charge is 0.315 e. The molecule has 4 N–H and O–H groups in total. The SMILES string of the molecule is CC[C@H](NC(=O)NCCNC(=O)c1cccnc1)c1ncc(C)[nH]1. The van der Waals surface area contributed by atoms with Crippen molar-refractivity contribution < 1.29 is 9.59 Å². The third-order valence-electron chi connectivity index (χ3n) is 3.39. The summed E-state index contributed by atoms with van der Waals surface area (Å²) in [5, 5.41) is 8.28. The topological polar surface area (TPSA) is 112 Å². The Morgan fingerprint density at radius 3 is 2.67 bits per heavy atom. The molecule has 2 aromatic rings. The van der Waals surface area contributed by atoms with E-state index < -0.39 is 0 Å². The minimum absolute atomic E-state index is 0.177. The summed E-state index contributed by atoms with van der Waals surface area (Å²) < 4.78 is 0. The summed E-state index contributed by atoms with van der Waals surface area (Å²) in [6.45, 7) is 4.54. The molecule has 2 rings (SSSR count). The molecule has 0 aliphatic rings. The van der Waals surface area contributed by atoms with Crippen molar-refractivity contribution in [3.05, 3.63) is 47.8 Å². The highest BCUT2D eigenvalue weighted by molar-refractivity contribution is 5.93. The summed E-state index contributed by atoms with van der Waals surface area (Å²) in [5.41, 5.74) is 1.44. The van der Waals surface area contributed by atoms with Gasteiger partial charge in [-0.3, -0.25) is 9.78 Å². The number of nitrogens with one attached hydrogen (secondary N) is 4. The molecule has 0 spiro atoms. The van der Waals surface area contributed by atoms with E-state index in [-0.39, 0.29) is 18.0 Å². The second kappa shape index (κ2) is 8.66. The van der Waals surface area contributed by atoms with Crippen molar-refractivity contribution in [2.45, 2.75) is 26.3 Å². The van der Waals surface area contributed by atoms with Crippen molar-refractivity contribution in [1.29, 1.82) is 0 Å². The third-order valence-corrected chi connectivity index (χ3v) is 3.39. The van der Waals surface area contributed by atoms with Crippen molar-refractivity contribution in [3.63, 3.8) is 0 Å². The largest absolute Gasteiger partial charge is 0.350 e. The zero-order valence-corrected chi connectivity index (χ0v) is 13.8. The van der Waals surface area contributed by atoms with E-state index in [1.165, 1.54) is 6.20 Å². The van der Waals surface area contributed by atoms with Gasteiger partial charge in [-0.15, -0.1) is 0 Å². The number of nitrogens with zero attached hydrogens (tertiary/aromatic N) is 2. The summed E-state index contributed by atoms with van der Waals surface area (Å²) in [6, 6.07) is 2.90. The number of aryl methyl sites for hydroxylation is 1. The highest BCUT2D eigenvalue weighted by Gasteiger charge is 2.15. The first-order valence-corrected chi connectivity index (χ1v) is 7.84. The van der Waals surface area contributed by atoms with Crippen LogP contribution in [-0.4, -0.2) is 40.0 Å². The second-order valence-corrected chi connectivity index (χ2v) is 5.31. The lowest BCUT2D eigenvalue weighted by atomic mass is 10.2. The van der Waals surface area contributed by atoms with Gasteiger partial charge in [-0.05, 0) is 25.5 Å². The molecule has 8 nitrogen and oxygen atoms in total. The Kier molecular flexibility index (Phi) is 6.30. The number of amides is 3. The lowest BCUT2D eigenvalue weighted by Crippen LogP contribution is -2.41. The predicted molar refractivity (Wildman–Crippen MR) is 89.5 cm³/mol. The molecule has 128 valence electrons. The van der Waals surface area contributed by atoms with E-state index in [2.05, 4.69) is 30.9 Å². The van der Waals surface area contributed by atoms with Gasteiger partial charge in [0.05, 0.1) is 11.6 Å². The van der Waals surface area contributed by atoms with E-state index in [0.717, 1.165) is 17.9 Å². The van der Waals surface area contributed by atoms with Gasteiger partial charge >= 0.3 is 6.03 Å². The van der Waals surface area contributed by atoms with Gasteiger partial charge in [0.25, 0.3) is 5.91 Å². The zero-order chi connectivity index (χ0) is 17.4. The van der Waals surface area contributed by atoms with Gasteiger partial charge in [0, 0.05) is 37.4 Å². The molecule has 8 heteroatoms. The first-order chi connectivity index (χ1) is 11.6. The molecule has 1 atom stereocenters. The van der Waals surface area contributed by atoms with Crippen LogP contribution in [0.1, 0.15) is 41.3 Å². The molecule has 0 bridgehead atoms. The Balaban J connectivity index is 1.70. The van der Waals surface area contributed by atoms with Crippen LogP contribution in [0.2, 0.25) is 0 Å². The second-order valence-electron chi connectivity index (χ2n) is 5.31. The molecule has 0 saturated heterocycles. The molecule has 2 aromatic heterocycles. The molecule has 0 radical (unpaired) electrons. The number of aromatic amines is 1. The Morgan fingerprint density at radius 1 is 1.25 bits per heavy atom. The van der Waals surface area contributed by atoms with Crippen LogP contribution in [0.3, 0.4) is 0 Å². The quantitative estimate of drug-likeness (QED) is 0.573. The van der Waals surface area contributed by atoms with Gasteiger partial charge < -0.3 is 20.9 Å². The van der Waals surface area contributed by atoms with Crippen LogP contribution < -0.4 is 16.0 Å². The summed E-state index contributed by atoms with van der Waals surface area (Å²) in [5.74, 6) is 0.512. The molecule has 0 aliphatic carbocycles. The fourth-order valence-electron chi connectivity index (χ4n) is 2.13. The minimum Gasteiger partial charge on any atom is -0.350 e. The van der Waals surface area contributed by atoms with Crippen LogP contribution in [0, 0.1) is 6.92 Å². The minimum atomic E-state index is -0.300. The van der Waals surface area contributed by atoms with E-state index >= 15 is 0 Å². The number of H-pyrrole nitrogens is 1. The van der Waals surface area contributed by atoms with Crippen LogP contribution in [-0.2, 0) is 0 Å². The monoisotopic (exact) mass is 330 g/mol. The number of rotatable bonds is 7. The van der Waals surface area contributed by atoms with Gasteiger partial charge in [0.15, 0.2) is 0 Å². The number of hydrogen-bond donors (Lipinski definition) is 4. The zero-order valence-electron chi connectivity index (χ0n) is 13.8. The fourth-order valence-corrected chi connectivity index (χ4v) is 2.13. The molecule has 24 heavy (non-hydrogen) atoms. The van der Waals surface area contributed by atoms with Crippen molar-refractivity contribution in [2.24, 2.45) is 0 Å². The maximum absolute atomic E-state index is 11.9. The Bertz CT molecular complexity index is 670. The summed E-state index contributed by atoms with van der Waals surface area (Å²) in [4.78, 5) is 35.0. The van der Waals surface area contributed by atoms with Gasteiger partial charge in [-0.2, -0.15) is 0 Å². The lowest BCUT2D eigenvalue weighted by Gasteiger charge is -2.15. The van der Waals surface area contributed by atoms with Crippen molar-refractivity contribution in [1.82, 2.24) is 30.9 Å². The van der Waals surface area contributed by atoms with Gasteiger partial charge in [0.2, 0.25) is 0 Å². The van der Waals surface area contributed by atoms with Gasteiger partial charge in [-0.25, -0.2) is 9.78 Å². The van der Waals surface area contributed by atoms with Crippen LogP contribution in [0.4, 0.5) is 4.79 Å². The average molecular weight is 330 g/mol. The van der Waals surface area contributed by atoms with Crippen LogP contribution in [0.15, 0.2) is 30.7 Å². The van der Waals surface area contributed by atoms with Crippen molar-refractivity contribution in [3.8, 4) is 0 Å². The molecule has 0 aliphatic heterocycles. The number of pyridine rings is 1. The highest BCUT2D eigenvalue weighted by atomic mass is 16.2. The van der Waals surface area contributed by atoms with E-state index in [0.29, 0.717) is 18.7 Å². The summed E-state index contributed by atoms with van der Waals surface area (Å²) >= 11 is 0. The number of imidazole rings is 1. The number of aromatic nitrogens is 3. The number of urea groups is 1. The van der Waals surface area contributed by atoms with Crippen LogP contribution in [0.5, 0.6) is 0 Å². The molecule has 0 unspecified atom stereocenters. The molecular weight excluding hydrogens is 308 g/mol. The normalized spacial score (nSPS) is 11.6. The summed E-state index contributed by atoms with van der Waals surface area (Å²) in [7, 11) is 0. The molecular formula is C16H22N6O2. The molecule has 0 saturated carbocycles. The standard InChI is InChI=1S/C16H22N6O2/c1-3-13(14-20-9-11(2)21-14)22-16(24)19-8-7-18-15(23)12-5-4-6-17-10-12/h4-6,9-10,13H,3,7-8H2,1-2H3,(H,18,23)(H,20,21)(H2,19,22,24)/t13-/m0/s1. The average Bonchev–Trinajstić information content (AvgIpc) is 3.03. The first kappa shape index (κ1) is 17.5. The predicted octanol–water partition coefficient (Wildman–Crippen LogP) is 1.29. The van der Waals surface area contributed by atoms with E-state index in [4.69, 9.17) is 0 Å². The van der Waals surface area contributed by atoms with Crippen LogP contribution in [0.25, 0.3) is 0 Å².